The zero-order valence-corrected chi connectivity index (χ0v) is 15.4. The van der Waals surface area contributed by atoms with E-state index in [4.69, 9.17) is 4.74 Å². The topological polar surface area (TPSA) is 85.0 Å². The van der Waals surface area contributed by atoms with E-state index in [1.165, 1.54) is 4.57 Å². The number of hydrogen-bond donors (Lipinski definition) is 1. The highest BCUT2D eigenvalue weighted by Crippen LogP contribution is 2.15. The Labute approximate surface area is 149 Å². The summed E-state index contributed by atoms with van der Waals surface area (Å²) < 4.78 is 6.38. The molecule has 0 unspecified atom stereocenters. The second-order valence-electron chi connectivity index (χ2n) is 5.30. The van der Waals surface area contributed by atoms with Gasteiger partial charge in [0, 0.05) is 11.4 Å². The van der Waals surface area contributed by atoms with Crippen LogP contribution >= 0.6 is 11.3 Å². The Morgan fingerprint density at radius 1 is 1.24 bits per heavy atom. The summed E-state index contributed by atoms with van der Waals surface area (Å²) in [6.07, 6.45) is 0. The molecule has 8 heteroatoms. The van der Waals surface area contributed by atoms with Crippen molar-refractivity contribution in [1.82, 2.24) is 4.57 Å². The predicted octanol–water partition coefficient (Wildman–Crippen LogP) is 3.41. The van der Waals surface area contributed by atoms with Crippen LogP contribution < -0.4 is 10.1 Å². The average Bonchev–Trinajstić information content (AvgIpc) is 2.90. The second-order valence-corrected chi connectivity index (χ2v) is 6.28. The van der Waals surface area contributed by atoms with E-state index in [9.17, 15) is 9.59 Å². The van der Waals surface area contributed by atoms with Crippen LogP contribution in [0.1, 0.15) is 36.1 Å². The number of benzene rings is 1. The first-order valence-corrected chi connectivity index (χ1v) is 8.56. The van der Waals surface area contributed by atoms with Gasteiger partial charge in [-0.25, -0.2) is 14.2 Å². The molecule has 0 aliphatic carbocycles. The first kappa shape index (κ1) is 18.6. The molecule has 0 saturated heterocycles. The van der Waals surface area contributed by atoms with Crippen LogP contribution in [0, 0.1) is 6.92 Å². The van der Waals surface area contributed by atoms with Crippen molar-refractivity contribution in [2.24, 2.45) is 10.2 Å². The number of carbonyl (C=O) groups excluding carboxylic acids is 2. The largest absolute Gasteiger partial charge is 0.462 e. The Bertz CT molecular complexity index is 862. The van der Waals surface area contributed by atoms with Crippen molar-refractivity contribution < 1.29 is 14.3 Å². The van der Waals surface area contributed by atoms with Crippen molar-refractivity contribution in [3.8, 4) is 0 Å². The maximum absolute atomic E-state index is 12.7. The molecule has 1 aromatic carbocycles. The third-order valence-electron chi connectivity index (χ3n) is 3.07. The summed E-state index contributed by atoms with van der Waals surface area (Å²) in [6.45, 7) is 7.25. The Balaban J connectivity index is 2.50. The average molecular weight is 360 g/mol. The van der Waals surface area contributed by atoms with Crippen LogP contribution in [0.3, 0.4) is 0 Å². The van der Waals surface area contributed by atoms with Crippen LogP contribution in [0.4, 0.5) is 10.5 Å². The molecule has 132 valence electrons. The molecule has 1 aromatic heterocycles. The highest BCUT2D eigenvalue weighted by Gasteiger charge is 2.21. The van der Waals surface area contributed by atoms with Gasteiger partial charge in [0.15, 0.2) is 0 Å². The monoisotopic (exact) mass is 360 g/mol. The van der Waals surface area contributed by atoms with E-state index < -0.39 is 12.0 Å². The fourth-order valence-corrected chi connectivity index (χ4v) is 2.95. The van der Waals surface area contributed by atoms with E-state index >= 15 is 0 Å². The zero-order chi connectivity index (χ0) is 18.4. The molecule has 0 aliphatic heterocycles. The highest BCUT2D eigenvalue weighted by molar-refractivity contribution is 7.11. The van der Waals surface area contributed by atoms with E-state index in [-0.39, 0.29) is 6.61 Å². The minimum absolute atomic E-state index is 0.255. The number of hydrogen-bond acceptors (Lipinski definition) is 6. The number of nitrogens with one attached hydrogen (secondary N) is 1. The van der Waals surface area contributed by atoms with Crippen molar-refractivity contribution >= 4 is 34.7 Å². The van der Waals surface area contributed by atoms with E-state index in [0.717, 1.165) is 17.0 Å². The van der Waals surface area contributed by atoms with E-state index in [2.05, 4.69) is 15.5 Å². The van der Waals surface area contributed by atoms with Crippen LogP contribution in [0.15, 0.2) is 40.5 Å². The maximum atomic E-state index is 12.7. The molecule has 2 aromatic rings. The molecule has 0 spiro atoms. The molecule has 7 nitrogen and oxygen atoms in total. The SMILES string of the molecule is CCOC(=O)c1sc(=NN=C(C)C)n(C(=O)Nc2ccccc2)c1C. The predicted molar refractivity (Wildman–Crippen MR) is 98.2 cm³/mol. The highest BCUT2D eigenvalue weighted by atomic mass is 32.1. The molecule has 0 radical (unpaired) electrons. The minimum Gasteiger partial charge on any atom is -0.462 e. The Kier molecular flexibility index (Phi) is 6.24. The molecule has 1 heterocycles. The fourth-order valence-electron chi connectivity index (χ4n) is 1.99. The van der Waals surface area contributed by atoms with Gasteiger partial charge in [-0.3, -0.25) is 0 Å². The van der Waals surface area contributed by atoms with Gasteiger partial charge in [0.05, 0.1) is 12.3 Å². The van der Waals surface area contributed by atoms with Crippen LogP contribution in [0.25, 0.3) is 0 Å². The van der Waals surface area contributed by atoms with Gasteiger partial charge < -0.3 is 10.1 Å². The van der Waals surface area contributed by atoms with Gasteiger partial charge in [0.1, 0.15) is 4.88 Å². The lowest BCUT2D eigenvalue weighted by Gasteiger charge is -2.07. The normalized spacial score (nSPS) is 11.1. The molecule has 0 aliphatic rings. The molecule has 0 saturated carbocycles. The summed E-state index contributed by atoms with van der Waals surface area (Å²) in [6, 6.07) is 8.63. The number of nitrogens with zero attached hydrogens (tertiary/aromatic N) is 3. The quantitative estimate of drug-likeness (QED) is 0.515. The van der Waals surface area contributed by atoms with Gasteiger partial charge in [0.25, 0.3) is 0 Å². The first-order chi connectivity index (χ1) is 11.9. The molecule has 0 bridgehead atoms. The third kappa shape index (κ3) is 4.63. The number of esters is 1. The molecule has 0 atom stereocenters. The summed E-state index contributed by atoms with van der Waals surface area (Å²) in [5.74, 6) is -0.482. The summed E-state index contributed by atoms with van der Waals surface area (Å²) in [7, 11) is 0. The molecular formula is C17H20N4O3S. The molecule has 25 heavy (non-hydrogen) atoms. The van der Waals surface area contributed by atoms with Gasteiger partial charge >= 0.3 is 12.0 Å². The zero-order valence-electron chi connectivity index (χ0n) is 14.6. The van der Waals surface area contributed by atoms with Crippen molar-refractivity contribution in [1.29, 1.82) is 0 Å². The standard InChI is InChI=1S/C17H20N4O3S/c1-5-24-15(22)14-12(4)21(17(25-14)20-19-11(2)3)16(23)18-13-9-7-6-8-10-13/h6-10H,5H2,1-4H3,(H,18,23). The number of para-hydroxylation sites is 1. The van der Waals surface area contributed by atoms with Crippen LogP contribution in [-0.4, -0.2) is 28.9 Å². The number of carbonyl (C=O) groups is 2. The van der Waals surface area contributed by atoms with Gasteiger partial charge in [0.2, 0.25) is 4.80 Å². The van der Waals surface area contributed by atoms with Gasteiger partial charge in [-0.15, -0.1) is 5.10 Å². The van der Waals surface area contributed by atoms with Crippen LogP contribution in [-0.2, 0) is 4.74 Å². The van der Waals surface area contributed by atoms with Gasteiger partial charge in [-0.2, -0.15) is 5.10 Å². The Morgan fingerprint density at radius 3 is 2.52 bits per heavy atom. The van der Waals surface area contributed by atoms with E-state index in [1.807, 2.05) is 18.2 Å². The Hall–Kier alpha value is -2.74. The van der Waals surface area contributed by atoms with Crippen molar-refractivity contribution in [3.63, 3.8) is 0 Å². The van der Waals surface area contributed by atoms with Crippen molar-refractivity contribution in [2.45, 2.75) is 27.7 Å². The van der Waals surface area contributed by atoms with Crippen molar-refractivity contribution in [2.75, 3.05) is 11.9 Å². The maximum Gasteiger partial charge on any atom is 0.350 e. The summed E-state index contributed by atoms with van der Waals surface area (Å²) >= 11 is 1.07. The molecule has 1 amide bonds. The van der Waals surface area contributed by atoms with Crippen LogP contribution in [0.2, 0.25) is 0 Å². The number of thiazole rings is 1. The molecule has 1 N–H and O–H groups in total. The number of ether oxygens (including phenoxy) is 1. The smallest absolute Gasteiger partial charge is 0.350 e. The molecule has 0 fully saturated rings. The van der Waals surface area contributed by atoms with Gasteiger partial charge in [-0.05, 0) is 39.8 Å². The number of amides is 1. The van der Waals surface area contributed by atoms with E-state index in [1.54, 1.807) is 39.8 Å². The van der Waals surface area contributed by atoms with Crippen LogP contribution in [0.5, 0.6) is 0 Å². The fraction of sp³-hybridized carbons (Fsp3) is 0.294. The van der Waals surface area contributed by atoms with Crippen molar-refractivity contribution in [3.05, 3.63) is 45.7 Å². The number of aromatic nitrogens is 1. The Morgan fingerprint density at radius 2 is 1.92 bits per heavy atom. The summed E-state index contributed by atoms with van der Waals surface area (Å²) in [4.78, 5) is 25.4. The lowest BCUT2D eigenvalue weighted by molar-refractivity contribution is 0.0531. The lowest BCUT2D eigenvalue weighted by atomic mass is 10.3. The summed E-state index contributed by atoms with van der Waals surface area (Å²) in [5.41, 5.74) is 1.84. The van der Waals surface area contributed by atoms with Gasteiger partial charge in [-0.1, -0.05) is 29.5 Å². The minimum atomic E-state index is -0.482. The number of anilines is 1. The summed E-state index contributed by atoms with van der Waals surface area (Å²) in [5, 5.41) is 10.9. The molecule has 2 rings (SSSR count). The molecular weight excluding hydrogens is 340 g/mol. The first-order valence-electron chi connectivity index (χ1n) is 7.75. The second kappa shape index (κ2) is 8.39. The lowest BCUT2D eigenvalue weighted by Crippen LogP contribution is -2.29. The number of rotatable bonds is 4. The third-order valence-corrected chi connectivity index (χ3v) is 4.19. The van der Waals surface area contributed by atoms with E-state index in [0.29, 0.717) is 21.1 Å².